The predicted molar refractivity (Wildman–Crippen MR) is 55.9 cm³/mol. The van der Waals surface area contributed by atoms with Gasteiger partial charge in [-0.05, 0) is 11.4 Å². The zero-order valence-corrected chi connectivity index (χ0v) is 9.10. The number of hydrogen-bond acceptors (Lipinski definition) is 5. The molecule has 0 unspecified atom stereocenters. The van der Waals surface area contributed by atoms with Gasteiger partial charge in [-0.15, -0.1) is 16.4 Å². The highest BCUT2D eigenvalue weighted by atomic mass is 32.1. The van der Waals surface area contributed by atoms with Crippen LogP contribution < -0.4 is 0 Å². The summed E-state index contributed by atoms with van der Waals surface area (Å²) >= 11 is 1.36. The Bertz CT molecular complexity index is 454. The molecule has 6 nitrogen and oxygen atoms in total. The largest absolute Gasteiger partial charge is 0.477 e. The number of ether oxygens (including phenoxy) is 1. The minimum atomic E-state index is -1.37. The number of carbonyl (C=O) groups is 2. The van der Waals surface area contributed by atoms with Crippen LogP contribution >= 0.6 is 11.3 Å². The van der Waals surface area contributed by atoms with E-state index in [1.807, 2.05) is 5.38 Å². The van der Waals surface area contributed by atoms with Crippen molar-refractivity contribution >= 4 is 29.1 Å². The van der Waals surface area contributed by atoms with Gasteiger partial charge in [0.15, 0.2) is 0 Å². The Labute approximate surface area is 94.7 Å². The van der Waals surface area contributed by atoms with Gasteiger partial charge >= 0.3 is 5.97 Å². The van der Waals surface area contributed by atoms with E-state index >= 15 is 0 Å². The van der Waals surface area contributed by atoms with Gasteiger partial charge in [0.05, 0.1) is 4.88 Å². The number of carboxylic acid groups (broad SMARTS) is 1. The monoisotopic (exact) mass is 240 g/mol. The molecule has 1 atom stereocenters. The van der Waals surface area contributed by atoms with Crippen molar-refractivity contribution in [3.63, 3.8) is 0 Å². The molecular formula is C9H8N2O4S. The molecule has 1 aromatic rings. The van der Waals surface area contributed by atoms with Gasteiger partial charge in [0, 0.05) is 6.92 Å². The number of nitrogens with zero attached hydrogens (tertiary/aromatic N) is 2. The lowest BCUT2D eigenvalue weighted by atomic mass is 10.5. The van der Waals surface area contributed by atoms with Crippen molar-refractivity contribution in [1.29, 1.82) is 0 Å². The summed E-state index contributed by atoms with van der Waals surface area (Å²) < 4.78 is 5.11. The maximum Gasteiger partial charge on any atom is 0.368 e. The van der Waals surface area contributed by atoms with E-state index in [2.05, 4.69) is 5.10 Å². The molecule has 0 aromatic carbocycles. The highest BCUT2D eigenvalue weighted by Gasteiger charge is 2.37. The number of rotatable bonds is 2. The second-order valence-electron chi connectivity index (χ2n) is 3.05. The molecule has 7 heteroatoms. The van der Waals surface area contributed by atoms with E-state index in [9.17, 15) is 9.59 Å². The molecule has 2 rings (SSSR count). The summed E-state index contributed by atoms with van der Waals surface area (Å²) in [6, 6.07) is 3.53. The molecule has 0 aliphatic carbocycles. The lowest BCUT2D eigenvalue weighted by Gasteiger charge is -2.13. The number of amides is 1. The van der Waals surface area contributed by atoms with E-state index in [1.165, 1.54) is 18.3 Å². The van der Waals surface area contributed by atoms with Crippen LogP contribution in [0.25, 0.3) is 0 Å². The second-order valence-corrected chi connectivity index (χ2v) is 4.00. The van der Waals surface area contributed by atoms with E-state index in [0.717, 1.165) is 5.01 Å². The minimum absolute atomic E-state index is 0.164. The lowest BCUT2D eigenvalue weighted by molar-refractivity contribution is -0.159. The molecule has 1 amide bonds. The van der Waals surface area contributed by atoms with E-state index in [0.29, 0.717) is 4.88 Å². The fourth-order valence-corrected chi connectivity index (χ4v) is 1.88. The highest BCUT2D eigenvalue weighted by Crippen LogP contribution is 2.20. The summed E-state index contributed by atoms with van der Waals surface area (Å²) in [6.45, 7) is 1.24. The first-order valence-corrected chi connectivity index (χ1v) is 5.29. The summed E-state index contributed by atoms with van der Waals surface area (Å²) in [6.07, 6.45) is -1.37. The summed E-state index contributed by atoms with van der Waals surface area (Å²) in [4.78, 5) is 22.7. The van der Waals surface area contributed by atoms with Crippen molar-refractivity contribution in [2.24, 2.45) is 5.10 Å². The fraction of sp³-hybridized carbons (Fsp3) is 0.222. The van der Waals surface area contributed by atoms with Crippen molar-refractivity contribution < 1.29 is 19.4 Å². The summed E-state index contributed by atoms with van der Waals surface area (Å²) in [7, 11) is 0. The third-order valence-corrected chi connectivity index (χ3v) is 2.77. The molecule has 84 valence electrons. The van der Waals surface area contributed by atoms with E-state index in [1.54, 1.807) is 12.1 Å². The van der Waals surface area contributed by atoms with Gasteiger partial charge in [-0.3, -0.25) is 4.79 Å². The zero-order chi connectivity index (χ0) is 11.7. The number of carboxylic acids is 1. The Morgan fingerprint density at radius 1 is 1.62 bits per heavy atom. The van der Waals surface area contributed by atoms with Crippen LogP contribution in [0.2, 0.25) is 0 Å². The Morgan fingerprint density at radius 3 is 2.81 bits per heavy atom. The SMILES string of the molecule is CC(=O)N1N=C(c2cccs2)O[C@@H]1C(=O)O. The van der Waals surface area contributed by atoms with Crippen molar-refractivity contribution in [3.8, 4) is 0 Å². The number of hydrogen-bond donors (Lipinski definition) is 1. The van der Waals surface area contributed by atoms with Gasteiger partial charge in [-0.25, -0.2) is 4.79 Å². The van der Waals surface area contributed by atoms with Crippen LogP contribution in [0.3, 0.4) is 0 Å². The maximum absolute atomic E-state index is 11.2. The van der Waals surface area contributed by atoms with E-state index in [-0.39, 0.29) is 5.90 Å². The van der Waals surface area contributed by atoms with Gasteiger partial charge < -0.3 is 9.84 Å². The van der Waals surface area contributed by atoms with Gasteiger partial charge in [0.2, 0.25) is 5.91 Å². The Morgan fingerprint density at radius 2 is 2.38 bits per heavy atom. The smallest absolute Gasteiger partial charge is 0.368 e. The summed E-state index contributed by atoms with van der Waals surface area (Å²) in [5.74, 6) is -1.55. The van der Waals surface area contributed by atoms with Crippen LogP contribution in [-0.4, -0.2) is 34.1 Å². The van der Waals surface area contributed by atoms with Crippen LogP contribution in [0.5, 0.6) is 0 Å². The van der Waals surface area contributed by atoms with Gasteiger partial charge in [0.25, 0.3) is 12.1 Å². The first-order chi connectivity index (χ1) is 7.59. The molecule has 16 heavy (non-hydrogen) atoms. The fourth-order valence-electron chi connectivity index (χ4n) is 1.23. The molecule has 0 radical (unpaired) electrons. The quantitative estimate of drug-likeness (QED) is 0.825. The van der Waals surface area contributed by atoms with Gasteiger partial charge in [0.1, 0.15) is 0 Å². The summed E-state index contributed by atoms with van der Waals surface area (Å²) in [5.41, 5.74) is 0. The number of thiophene rings is 1. The Hall–Kier alpha value is -1.89. The summed E-state index contributed by atoms with van der Waals surface area (Å²) in [5, 5.41) is 15.3. The van der Waals surface area contributed by atoms with Crippen molar-refractivity contribution in [2.45, 2.75) is 13.2 Å². The van der Waals surface area contributed by atoms with Crippen LogP contribution in [0.1, 0.15) is 11.8 Å². The van der Waals surface area contributed by atoms with Crippen LogP contribution in [0, 0.1) is 0 Å². The Kier molecular flexibility index (Phi) is 2.61. The van der Waals surface area contributed by atoms with Gasteiger partial charge in [-0.1, -0.05) is 6.07 Å². The number of aliphatic carboxylic acids is 1. The topological polar surface area (TPSA) is 79.2 Å². The molecule has 2 heterocycles. The first-order valence-electron chi connectivity index (χ1n) is 4.41. The molecule has 0 saturated heterocycles. The molecule has 0 bridgehead atoms. The second kappa shape index (κ2) is 3.93. The van der Waals surface area contributed by atoms with Gasteiger partial charge in [-0.2, -0.15) is 5.01 Å². The average Bonchev–Trinajstić information content (AvgIpc) is 2.86. The maximum atomic E-state index is 11.2. The normalized spacial score (nSPS) is 19.2. The Balaban J connectivity index is 2.29. The average molecular weight is 240 g/mol. The number of hydrazone groups is 1. The molecule has 0 fully saturated rings. The van der Waals surface area contributed by atoms with E-state index in [4.69, 9.17) is 9.84 Å². The molecule has 0 saturated carbocycles. The van der Waals surface area contributed by atoms with E-state index < -0.39 is 18.1 Å². The number of carbonyl (C=O) groups excluding carboxylic acids is 1. The zero-order valence-electron chi connectivity index (χ0n) is 8.28. The molecule has 0 spiro atoms. The molecule has 1 aliphatic heterocycles. The molecule has 1 N–H and O–H groups in total. The van der Waals surface area contributed by atoms with Crippen LogP contribution in [-0.2, 0) is 14.3 Å². The third-order valence-electron chi connectivity index (χ3n) is 1.91. The van der Waals surface area contributed by atoms with Crippen molar-refractivity contribution in [1.82, 2.24) is 5.01 Å². The van der Waals surface area contributed by atoms with Crippen molar-refractivity contribution in [2.75, 3.05) is 0 Å². The highest BCUT2D eigenvalue weighted by molar-refractivity contribution is 7.12. The molecular weight excluding hydrogens is 232 g/mol. The minimum Gasteiger partial charge on any atom is -0.477 e. The van der Waals surface area contributed by atoms with Crippen molar-refractivity contribution in [3.05, 3.63) is 22.4 Å². The predicted octanol–water partition coefficient (Wildman–Crippen LogP) is 0.699. The van der Waals surface area contributed by atoms with Crippen LogP contribution in [0.4, 0.5) is 0 Å². The molecule has 1 aromatic heterocycles. The third kappa shape index (κ3) is 1.76. The molecule has 1 aliphatic rings. The first kappa shape index (κ1) is 10.6. The van der Waals surface area contributed by atoms with Crippen LogP contribution in [0.15, 0.2) is 22.6 Å². The lowest BCUT2D eigenvalue weighted by Crippen LogP contribution is -2.38. The standard InChI is InChI=1S/C9H8N2O4S/c1-5(12)11-8(9(13)14)15-7(10-11)6-3-2-4-16-6/h2-4,8H,1H3,(H,13,14)/t8-/m1/s1.